The fourth-order valence-electron chi connectivity index (χ4n) is 2.84. The lowest BCUT2D eigenvalue weighted by Crippen LogP contribution is -2.27. The number of rotatable bonds is 5. The summed E-state index contributed by atoms with van der Waals surface area (Å²) in [7, 11) is 0. The molecule has 3 nitrogen and oxygen atoms in total. The molecule has 1 aliphatic carbocycles. The van der Waals surface area contributed by atoms with Gasteiger partial charge in [0.1, 0.15) is 0 Å². The number of halogens is 1. The molecule has 1 N–H and O–H groups in total. The first-order valence-corrected chi connectivity index (χ1v) is 7.80. The SMILES string of the molecule is C[C@H](N[C@H](c1ccc(Cl)cc1)[C@@H]1C[C@@H]1C)c1cnccn1. The molecule has 0 radical (unpaired) electrons. The number of hydrogen-bond donors (Lipinski definition) is 1. The summed E-state index contributed by atoms with van der Waals surface area (Å²) in [5.74, 6) is 1.46. The normalized spacial score (nSPS) is 23.6. The Morgan fingerprint density at radius 2 is 1.95 bits per heavy atom. The smallest absolute Gasteiger partial charge is 0.0753 e. The second-order valence-corrected chi connectivity index (χ2v) is 6.36. The molecule has 0 amide bonds. The van der Waals surface area contributed by atoms with Gasteiger partial charge in [0, 0.05) is 35.7 Å². The van der Waals surface area contributed by atoms with Gasteiger partial charge >= 0.3 is 0 Å². The number of hydrogen-bond acceptors (Lipinski definition) is 3. The topological polar surface area (TPSA) is 37.8 Å². The van der Waals surface area contributed by atoms with Crippen molar-refractivity contribution in [2.45, 2.75) is 32.4 Å². The zero-order valence-corrected chi connectivity index (χ0v) is 13.1. The highest BCUT2D eigenvalue weighted by Gasteiger charge is 2.40. The third kappa shape index (κ3) is 3.42. The zero-order valence-electron chi connectivity index (χ0n) is 12.3. The maximum Gasteiger partial charge on any atom is 0.0753 e. The molecule has 4 heteroatoms. The summed E-state index contributed by atoms with van der Waals surface area (Å²) in [6.07, 6.45) is 6.54. The van der Waals surface area contributed by atoms with Gasteiger partial charge in [0.25, 0.3) is 0 Å². The van der Waals surface area contributed by atoms with E-state index in [1.165, 1.54) is 12.0 Å². The van der Waals surface area contributed by atoms with Crippen molar-refractivity contribution in [2.75, 3.05) is 0 Å². The predicted molar refractivity (Wildman–Crippen MR) is 85.0 cm³/mol. The van der Waals surface area contributed by atoms with Crippen molar-refractivity contribution >= 4 is 11.6 Å². The second-order valence-electron chi connectivity index (χ2n) is 5.92. The van der Waals surface area contributed by atoms with Crippen LogP contribution in [0.2, 0.25) is 5.02 Å². The van der Waals surface area contributed by atoms with E-state index in [1.807, 2.05) is 18.3 Å². The van der Waals surface area contributed by atoms with E-state index in [2.05, 4.69) is 41.3 Å². The monoisotopic (exact) mass is 301 g/mol. The average Bonchev–Trinajstić information content (AvgIpc) is 3.23. The van der Waals surface area contributed by atoms with E-state index in [0.717, 1.165) is 16.6 Å². The third-order valence-electron chi connectivity index (χ3n) is 4.29. The van der Waals surface area contributed by atoms with E-state index in [0.29, 0.717) is 12.0 Å². The highest BCUT2D eigenvalue weighted by molar-refractivity contribution is 6.30. The molecule has 0 unspecified atom stereocenters. The van der Waals surface area contributed by atoms with Crippen LogP contribution in [0.3, 0.4) is 0 Å². The van der Waals surface area contributed by atoms with Gasteiger partial charge in [0.2, 0.25) is 0 Å². The van der Waals surface area contributed by atoms with Gasteiger partial charge in [-0.25, -0.2) is 0 Å². The van der Waals surface area contributed by atoms with E-state index in [9.17, 15) is 0 Å². The summed E-state index contributed by atoms with van der Waals surface area (Å²) in [5, 5.41) is 4.50. The summed E-state index contributed by atoms with van der Waals surface area (Å²) < 4.78 is 0. The maximum atomic E-state index is 6.00. The summed E-state index contributed by atoms with van der Waals surface area (Å²) >= 11 is 6.00. The van der Waals surface area contributed by atoms with Crippen molar-refractivity contribution in [3.8, 4) is 0 Å². The van der Waals surface area contributed by atoms with Crippen LogP contribution in [0.25, 0.3) is 0 Å². The lowest BCUT2D eigenvalue weighted by molar-refractivity contribution is 0.409. The minimum Gasteiger partial charge on any atom is -0.302 e. The Bertz CT molecular complexity index is 585. The molecule has 1 fully saturated rings. The van der Waals surface area contributed by atoms with Crippen molar-refractivity contribution in [1.82, 2.24) is 15.3 Å². The van der Waals surface area contributed by atoms with Crippen LogP contribution in [0.15, 0.2) is 42.9 Å². The standard InChI is InChI=1S/C17H20ClN3/c1-11-9-15(11)17(13-3-5-14(18)6-4-13)21-12(2)16-10-19-7-8-20-16/h3-8,10-12,15,17,21H,9H2,1-2H3/t11-,12-,15+,17+/m0/s1. The van der Waals surface area contributed by atoms with Crippen molar-refractivity contribution in [2.24, 2.45) is 11.8 Å². The Hall–Kier alpha value is -1.45. The molecule has 0 bridgehead atoms. The van der Waals surface area contributed by atoms with Crippen molar-refractivity contribution in [3.05, 3.63) is 59.1 Å². The minimum absolute atomic E-state index is 0.173. The van der Waals surface area contributed by atoms with Gasteiger partial charge in [0.05, 0.1) is 5.69 Å². The van der Waals surface area contributed by atoms with E-state index in [-0.39, 0.29) is 6.04 Å². The summed E-state index contributed by atoms with van der Waals surface area (Å²) in [6.45, 7) is 4.45. The fraction of sp³-hybridized carbons (Fsp3) is 0.412. The number of aromatic nitrogens is 2. The van der Waals surface area contributed by atoms with Crippen LogP contribution in [-0.2, 0) is 0 Å². The Morgan fingerprint density at radius 1 is 1.24 bits per heavy atom. The first kappa shape index (κ1) is 14.5. The third-order valence-corrected chi connectivity index (χ3v) is 4.54. The van der Waals surface area contributed by atoms with Crippen LogP contribution in [-0.4, -0.2) is 9.97 Å². The molecule has 110 valence electrons. The highest BCUT2D eigenvalue weighted by atomic mass is 35.5. The Morgan fingerprint density at radius 3 is 2.52 bits per heavy atom. The molecule has 1 heterocycles. The molecule has 2 aromatic rings. The molecule has 0 spiro atoms. The largest absolute Gasteiger partial charge is 0.302 e. The molecular formula is C17H20ClN3. The van der Waals surface area contributed by atoms with E-state index < -0.39 is 0 Å². The average molecular weight is 302 g/mol. The quantitative estimate of drug-likeness (QED) is 0.900. The predicted octanol–water partition coefficient (Wildman–Crippen LogP) is 4.18. The van der Waals surface area contributed by atoms with Crippen LogP contribution in [0.1, 0.15) is 43.6 Å². The van der Waals surface area contributed by atoms with Crippen LogP contribution in [0.5, 0.6) is 0 Å². The van der Waals surface area contributed by atoms with Crippen LogP contribution in [0.4, 0.5) is 0 Å². The molecule has 3 rings (SSSR count). The van der Waals surface area contributed by atoms with Crippen LogP contribution in [0, 0.1) is 11.8 Å². The molecule has 1 aromatic carbocycles. The van der Waals surface area contributed by atoms with Crippen molar-refractivity contribution in [1.29, 1.82) is 0 Å². The molecule has 0 aliphatic heterocycles. The number of nitrogens with zero attached hydrogens (tertiary/aromatic N) is 2. The fourth-order valence-corrected chi connectivity index (χ4v) is 2.97. The first-order valence-electron chi connectivity index (χ1n) is 7.42. The molecule has 4 atom stereocenters. The number of benzene rings is 1. The second kappa shape index (κ2) is 6.12. The van der Waals surface area contributed by atoms with Crippen molar-refractivity contribution in [3.63, 3.8) is 0 Å². The van der Waals surface area contributed by atoms with Gasteiger partial charge in [-0.05, 0) is 42.9 Å². The summed E-state index contributed by atoms with van der Waals surface area (Å²) in [4.78, 5) is 8.55. The first-order chi connectivity index (χ1) is 10.1. The van der Waals surface area contributed by atoms with Gasteiger partial charge in [-0.1, -0.05) is 30.7 Å². The van der Waals surface area contributed by atoms with Crippen LogP contribution < -0.4 is 5.32 Å². The lowest BCUT2D eigenvalue weighted by Gasteiger charge is -2.24. The maximum absolute atomic E-state index is 6.00. The van der Waals surface area contributed by atoms with Gasteiger partial charge in [0.15, 0.2) is 0 Å². The molecule has 21 heavy (non-hydrogen) atoms. The van der Waals surface area contributed by atoms with Gasteiger partial charge in [-0.3, -0.25) is 9.97 Å². The van der Waals surface area contributed by atoms with E-state index in [4.69, 9.17) is 11.6 Å². The van der Waals surface area contributed by atoms with Gasteiger partial charge < -0.3 is 5.32 Å². The summed E-state index contributed by atoms with van der Waals surface area (Å²) in [6, 6.07) is 8.68. The molecule has 0 saturated heterocycles. The molecule has 1 aromatic heterocycles. The Labute approximate surface area is 130 Å². The molecule has 1 aliphatic rings. The molecular weight excluding hydrogens is 282 g/mol. The Kier molecular flexibility index (Phi) is 4.22. The van der Waals surface area contributed by atoms with E-state index in [1.54, 1.807) is 12.4 Å². The van der Waals surface area contributed by atoms with Crippen LogP contribution >= 0.6 is 11.6 Å². The number of nitrogens with one attached hydrogen (secondary N) is 1. The van der Waals surface area contributed by atoms with Crippen molar-refractivity contribution < 1.29 is 0 Å². The summed E-state index contributed by atoms with van der Waals surface area (Å²) in [5.41, 5.74) is 2.27. The Balaban J connectivity index is 1.79. The van der Waals surface area contributed by atoms with Gasteiger partial charge in [-0.15, -0.1) is 0 Å². The van der Waals surface area contributed by atoms with Gasteiger partial charge in [-0.2, -0.15) is 0 Å². The highest BCUT2D eigenvalue weighted by Crippen LogP contribution is 2.47. The lowest BCUT2D eigenvalue weighted by atomic mass is 10.00. The zero-order chi connectivity index (χ0) is 14.8. The van der Waals surface area contributed by atoms with E-state index >= 15 is 0 Å². The molecule has 1 saturated carbocycles. The minimum atomic E-state index is 0.173.